The van der Waals surface area contributed by atoms with E-state index >= 15 is 0 Å². The van der Waals surface area contributed by atoms with E-state index in [2.05, 4.69) is 39.8 Å². The third kappa shape index (κ3) is 1.49. The van der Waals surface area contributed by atoms with Gasteiger partial charge in [-0.2, -0.15) is 5.10 Å². The molecule has 1 aromatic heterocycles. The number of aromatic nitrogens is 2. The van der Waals surface area contributed by atoms with Crippen LogP contribution in [0.5, 0.6) is 0 Å². The molecule has 2 N–H and O–H groups in total. The van der Waals surface area contributed by atoms with E-state index in [4.69, 9.17) is 0 Å². The summed E-state index contributed by atoms with van der Waals surface area (Å²) in [6, 6.07) is 9.92. The molecule has 3 nitrogen and oxygen atoms in total. The number of fused-ring (bicyclic) bond motifs is 3. The number of nitrogens with zero attached hydrogens (tertiary/aromatic N) is 1. The number of aromatic amines is 1. The molecule has 2 saturated heterocycles. The van der Waals surface area contributed by atoms with Crippen LogP contribution in [0.15, 0.2) is 24.3 Å². The number of hydrogen-bond donors (Lipinski definition) is 2. The molecule has 0 spiro atoms. The van der Waals surface area contributed by atoms with Crippen LogP contribution in [0.1, 0.15) is 37.3 Å². The Morgan fingerprint density at radius 3 is 2.65 bits per heavy atom. The first-order chi connectivity index (χ1) is 8.40. The lowest BCUT2D eigenvalue weighted by Gasteiger charge is -2.28. The van der Waals surface area contributed by atoms with Crippen LogP contribution in [0.3, 0.4) is 0 Å². The Kier molecular flexibility index (Phi) is 2.03. The predicted molar refractivity (Wildman–Crippen MR) is 68.0 cm³/mol. The van der Waals surface area contributed by atoms with Gasteiger partial charge in [0.2, 0.25) is 0 Å². The molecule has 2 bridgehead atoms. The Morgan fingerprint density at radius 1 is 1.06 bits per heavy atom. The fourth-order valence-electron chi connectivity index (χ4n) is 3.58. The molecule has 88 valence electrons. The fraction of sp³-hybridized carbons (Fsp3) is 0.500. The minimum atomic E-state index is 0.668. The lowest BCUT2D eigenvalue weighted by Crippen LogP contribution is -2.37. The summed E-state index contributed by atoms with van der Waals surface area (Å²) in [5, 5.41) is 12.7. The molecule has 1 aromatic carbocycles. The molecule has 3 heterocycles. The van der Waals surface area contributed by atoms with Gasteiger partial charge in [-0.3, -0.25) is 5.10 Å². The number of rotatable bonds is 1. The summed E-state index contributed by atoms with van der Waals surface area (Å²) in [5.41, 5.74) is 2.47. The molecular formula is C14H17N3. The molecule has 2 fully saturated rings. The Labute approximate surface area is 101 Å². The number of nitrogens with one attached hydrogen (secondary N) is 2. The van der Waals surface area contributed by atoms with Gasteiger partial charge in [0.15, 0.2) is 0 Å². The molecule has 4 rings (SSSR count). The topological polar surface area (TPSA) is 40.7 Å². The normalized spacial score (nSPS) is 32.1. The van der Waals surface area contributed by atoms with Crippen LogP contribution in [0.2, 0.25) is 0 Å². The average Bonchev–Trinajstić information content (AvgIpc) is 2.93. The van der Waals surface area contributed by atoms with Crippen molar-refractivity contribution < 1.29 is 0 Å². The van der Waals surface area contributed by atoms with Crippen LogP contribution in [-0.2, 0) is 0 Å². The van der Waals surface area contributed by atoms with Crippen LogP contribution < -0.4 is 5.32 Å². The van der Waals surface area contributed by atoms with Crippen LogP contribution in [0.25, 0.3) is 10.9 Å². The highest BCUT2D eigenvalue weighted by Gasteiger charge is 2.35. The molecule has 17 heavy (non-hydrogen) atoms. The predicted octanol–water partition coefficient (Wildman–Crippen LogP) is 2.56. The van der Waals surface area contributed by atoms with E-state index < -0.39 is 0 Å². The Morgan fingerprint density at radius 2 is 1.82 bits per heavy atom. The van der Waals surface area contributed by atoms with Crippen LogP contribution in [-0.4, -0.2) is 22.3 Å². The third-order valence-electron chi connectivity index (χ3n) is 4.37. The summed E-state index contributed by atoms with van der Waals surface area (Å²) in [5.74, 6) is 0.668. The van der Waals surface area contributed by atoms with E-state index in [0.717, 1.165) is 17.6 Å². The lowest BCUT2D eigenvalue weighted by atomic mass is 9.88. The zero-order valence-electron chi connectivity index (χ0n) is 9.82. The van der Waals surface area contributed by atoms with Crippen molar-refractivity contribution in [1.29, 1.82) is 0 Å². The van der Waals surface area contributed by atoms with E-state index in [1.54, 1.807) is 0 Å². The SMILES string of the molecule is c1ccc2c(C3CC4CCC(C3)N4)[nH]nc2c1. The molecule has 0 saturated carbocycles. The highest BCUT2D eigenvalue weighted by atomic mass is 15.1. The molecule has 2 atom stereocenters. The van der Waals surface area contributed by atoms with Gasteiger partial charge in [-0.15, -0.1) is 0 Å². The van der Waals surface area contributed by atoms with E-state index in [9.17, 15) is 0 Å². The summed E-state index contributed by atoms with van der Waals surface area (Å²) < 4.78 is 0. The Balaban J connectivity index is 1.74. The summed E-state index contributed by atoms with van der Waals surface area (Å²) >= 11 is 0. The van der Waals surface area contributed by atoms with Crippen molar-refractivity contribution in [1.82, 2.24) is 15.5 Å². The van der Waals surface area contributed by atoms with Crippen molar-refractivity contribution in [2.75, 3.05) is 0 Å². The number of H-pyrrole nitrogens is 1. The van der Waals surface area contributed by atoms with Crippen molar-refractivity contribution >= 4 is 10.9 Å². The largest absolute Gasteiger partial charge is 0.311 e. The smallest absolute Gasteiger partial charge is 0.0923 e. The second-order valence-corrected chi connectivity index (χ2v) is 5.46. The van der Waals surface area contributed by atoms with Gasteiger partial charge in [-0.05, 0) is 31.7 Å². The summed E-state index contributed by atoms with van der Waals surface area (Å²) in [4.78, 5) is 0. The van der Waals surface area contributed by atoms with Crippen molar-refractivity contribution in [3.05, 3.63) is 30.0 Å². The van der Waals surface area contributed by atoms with E-state index in [1.807, 2.05) is 0 Å². The van der Waals surface area contributed by atoms with Gasteiger partial charge in [0, 0.05) is 29.1 Å². The highest BCUT2D eigenvalue weighted by molar-refractivity contribution is 5.81. The Hall–Kier alpha value is -1.35. The number of piperidine rings is 1. The molecule has 0 radical (unpaired) electrons. The summed E-state index contributed by atoms with van der Waals surface area (Å²) in [6.45, 7) is 0. The minimum absolute atomic E-state index is 0.668. The van der Waals surface area contributed by atoms with E-state index in [0.29, 0.717) is 5.92 Å². The molecule has 0 amide bonds. The molecule has 2 aliphatic heterocycles. The number of hydrogen-bond acceptors (Lipinski definition) is 2. The van der Waals surface area contributed by atoms with Gasteiger partial charge in [0.05, 0.1) is 5.52 Å². The van der Waals surface area contributed by atoms with Gasteiger partial charge in [0.25, 0.3) is 0 Å². The minimum Gasteiger partial charge on any atom is -0.311 e. The standard InChI is InChI=1S/C14H17N3/c1-2-4-13-12(3-1)14(17-16-13)9-7-10-5-6-11(8-9)15-10/h1-4,9-11,15H,5-8H2,(H,16,17). The first kappa shape index (κ1) is 9.66. The molecule has 2 aliphatic rings. The molecular weight excluding hydrogens is 210 g/mol. The van der Waals surface area contributed by atoms with Gasteiger partial charge in [-0.1, -0.05) is 18.2 Å². The second-order valence-electron chi connectivity index (χ2n) is 5.46. The number of benzene rings is 1. The maximum Gasteiger partial charge on any atom is 0.0923 e. The zero-order valence-corrected chi connectivity index (χ0v) is 9.82. The maximum absolute atomic E-state index is 4.42. The lowest BCUT2D eigenvalue weighted by molar-refractivity contribution is 0.360. The van der Waals surface area contributed by atoms with Crippen molar-refractivity contribution in [2.24, 2.45) is 0 Å². The van der Waals surface area contributed by atoms with E-state index in [1.165, 1.54) is 36.8 Å². The molecule has 3 heteroatoms. The first-order valence-corrected chi connectivity index (χ1v) is 6.59. The monoisotopic (exact) mass is 227 g/mol. The maximum atomic E-state index is 4.42. The van der Waals surface area contributed by atoms with Crippen molar-refractivity contribution in [2.45, 2.75) is 43.7 Å². The number of para-hydroxylation sites is 1. The van der Waals surface area contributed by atoms with Gasteiger partial charge in [0.1, 0.15) is 0 Å². The third-order valence-corrected chi connectivity index (χ3v) is 4.37. The van der Waals surface area contributed by atoms with Crippen molar-refractivity contribution in [3.63, 3.8) is 0 Å². The molecule has 2 unspecified atom stereocenters. The van der Waals surface area contributed by atoms with Gasteiger partial charge >= 0.3 is 0 Å². The van der Waals surface area contributed by atoms with Gasteiger partial charge < -0.3 is 5.32 Å². The highest BCUT2D eigenvalue weighted by Crippen LogP contribution is 2.38. The fourth-order valence-corrected chi connectivity index (χ4v) is 3.58. The zero-order chi connectivity index (χ0) is 11.2. The summed E-state index contributed by atoms with van der Waals surface area (Å²) in [7, 11) is 0. The Bertz CT molecular complexity index is 533. The van der Waals surface area contributed by atoms with Crippen molar-refractivity contribution in [3.8, 4) is 0 Å². The molecule has 2 aromatic rings. The molecule has 0 aliphatic carbocycles. The van der Waals surface area contributed by atoms with Crippen LogP contribution in [0, 0.1) is 0 Å². The van der Waals surface area contributed by atoms with Crippen LogP contribution in [0.4, 0.5) is 0 Å². The average molecular weight is 227 g/mol. The van der Waals surface area contributed by atoms with Gasteiger partial charge in [-0.25, -0.2) is 0 Å². The quantitative estimate of drug-likeness (QED) is 0.786. The van der Waals surface area contributed by atoms with E-state index in [-0.39, 0.29) is 0 Å². The second kappa shape index (κ2) is 3.57. The first-order valence-electron chi connectivity index (χ1n) is 6.59. The summed E-state index contributed by atoms with van der Waals surface area (Å²) in [6.07, 6.45) is 5.24. The van der Waals surface area contributed by atoms with Crippen LogP contribution >= 0.6 is 0 Å².